The lowest BCUT2D eigenvalue weighted by Crippen LogP contribution is -2.08. The number of hydrogen-bond donors (Lipinski definition) is 0. The van der Waals surface area contributed by atoms with Crippen LogP contribution < -0.4 is 9.47 Å². The molecule has 0 aliphatic carbocycles. The van der Waals surface area contributed by atoms with E-state index in [0.29, 0.717) is 17.9 Å². The number of halogens is 1. The van der Waals surface area contributed by atoms with E-state index in [4.69, 9.17) is 26.3 Å². The lowest BCUT2D eigenvalue weighted by Gasteiger charge is -2.11. The molecule has 1 rings (SSSR count). The molecule has 0 saturated heterocycles. The summed E-state index contributed by atoms with van der Waals surface area (Å²) in [7, 11) is 0. The van der Waals surface area contributed by atoms with Crippen molar-refractivity contribution in [3.05, 3.63) is 22.7 Å². The van der Waals surface area contributed by atoms with E-state index in [0.717, 1.165) is 0 Å². The van der Waals surface area contributed by atoms with Gasteiger partial charge in [-0.05, 0) is 13.0 Å². The SMILES string of the molecule is CCOc1cc(C#N)cc(Cl)c1OC(=O)CC. The van der Waals surface area contributed by atoms with Crippen molar-refractivity contribution in [1.82, 2.24) is 0 Å². The summed E-state index contributed by atoms with van der Waals surface area (Å²) in [5, 5.41) is 8.99. The highest BCUT2D eigenvalue weighted by Gasteiger charge is 2.15. The highest BCUT2D eigenvalue weighted by Crippen LogP contribution is 2.36. The number of ether oxygens (including phenoxy) is 2. The van der Waals surface area contributed by atoms with Gasteiger partial charge in [0.05, 0.1) is 23.3 Å². The molecule has 0 atom stereocenters. The van der Waals surface area contributed by atoms with Crippen molar-refractivity contribution in [2.45, 2.75) is 20.3 Å². The minimum Gasteiger partial charge on any atom is -0.490 e. The Balaban J connectivity index is 3.17. The molecule has 4 nitrogen and oxygen atoms in total. The van der Waals surface area contributed by atoms with Gasteiger partial charge in [0, 0.05) is 12.5 Å². The predicted molar refractivity (Wildman–Crippen MR) is 63.3 cm³/mol. The van der Waals surface area contributed by atoms with Gasteiger partial charge < -0.3 is 9.47 Å². The Kier molecular flexibility index (Phi) is 4.80. The van der Waals surface area contributed by atoms with Crippen LogP contribution in [0.25, 0.3) is 0 Å². The quantitative estimate of drug-likeness (QED) is 0.611. The van der Waals surface area contributed by atoms with Crippen LogP contribution >= 0.6 is 11.6 Å². The van der Waals surface area contributed by atoms with Crippen LogP contribution in [0.3, 0.4) is 0 Å². The van der Waals surface area contributed by atoms with Gasteiger partial charge in [-0.15, -0.1) is 0 Å². The number of benzene rings is 1. The fourth-order valence-electron chi connectivity index (χ4n) is 1.18. The van der Waals surface area contributed by atoms with Crippen LogP contribution in [-0.4, -0.2) is 12.6 Å². The van der Waals surface area contributed by atoms with E-state index in [9.17, 15) is 4.79 Å². The molecule has 0 saturated carbocycles. The van der Waals surface area contributed by atoms with Crippen LogP contribution in [-0.2, 0) is 4.79 Å². The minimum absolute atomic E-state index is 0.166. The van der Waals surface area contributed by atoms with Crippen LogP contribution in [0, 0.1) is 11.3 Å². The van der Waals surface area contributed by atoms with Crippen molar-refractivity contribution in [3.63, 3.8) is 0 Å². The second kappa shape index (κ2) is 6.12. The third-order valence-electron chi connectivity index (χ3n) is 1.94. The summed E-state index contributed by atoms with van der Waals surface area (Å²) in [6.07, 6.45) is 0.238. The molecule has 0 aliphatic rings. The van der Waals surface area contributed by atoms with Gasteiger partial charge in [0.25, 0.3) is 0 Å². The maximum Gasteiger partial charge on any atom is 0.311 e. The van der Waals surface area contributed by atoms with Gasteiger partial charge in [-0.3, -0.25) is 4.79 Å². The smallest absolute Gasteiger partial charge is 0.311 e. The Hall–Kier alpha value is -1.73. The van der Waals surface area contributed by atoms with E-state index in [1.165, 1.54) is 12.1 Å². The Morgan fingerprint density at radius 2 is 2.18 bits per heavy atom. The third kappa shape index (κ3) is 3.36. The lowest BCUT2D eigenvalue weighted by atomic mass is 10.2. The fraction of sp³-hybridized carbons (Fsp3) is 0.333. The Morgan fingerprint density at radius 1 is 1.47 bits per heavy atom. The van der Waals surface area contributed by atoms with Crippen LogP contribution in [0.5, 0.6) is 11.5 Å². The zero-order chi connectivity index (χ0) is 12.8. The molecule has 17 heavy (non-hydrogen) atoms. The van der Waals surface area contributed by atoms with Gasteiger partial charge in [-0.25, -0.2) is 0 Å². The molecule has 0 aromatic heterocycles. The molecule has 0 fully saturated rings. The number of hydrogen-bond acceptors (Lipinski definition) is 4. The second-order valence-electron chi connectivity index (χ2n) is 3.16. The molecular formula is C12H12ClNO3. The molecule has 0 amide bonds. The summed E-state index contributed by atoms with van der Waals surface area (Å²) in [4.78, 5) is 11.2. The van der Waals surface area contributed by atoms with E-state index in [-0.39, 0.29) is 17.2 Å². The van der Waals surface area contributed by atoms with Crippen molar-refractivity contribution in [2.75, 3.05) is 6.61 Å². The number of carbonyl (C=O) groups excluding carboxylic acids is 1. The van der Waals surface area contributed by atoms with Crippen LogP contribution in [0.4, 0.5) is 0 Å². The Bertz CT molecular complexity index is 466. The van der Waals surface area contributed by atoms with E-state index in [1.54, 1.807) is 13.8 Å². The first-order valence-corrected chi connectivity index (χ1v) is 5.57. The Morgan fingerprint density at radius 3 is 2.71 bits per heavy atom. The molecule has 5 heteroatoms. The molecule has 1 aromatic carbocycles. The summed E-state index contributed by atoms with van der Waals surface area (Å²) in [6, 6.07) is 4.88. The summed E-state index contributed by atoms with van der Waals surface area (Å²) in [5.74, 6) is 0.0651. The number of rotatable bonds is 4. The van der Waals surface area contributed by atoms with Crippen molar-refractivity contribution in [1.29, 1.82) is 5.26 Å². The van der Waals surface area contributed by atoms with Gasteiger partial charge in [0.15, 0.2) is 11.5 Å². The van der Waals surface area contributed by atoms with Gasteiger partial charge in [0.1, 0.15) is 0 Å². The molecule has 0 bridgehead atoms. The first-order chi connectivity index (χ1) is 8.12. The molecule has 0 radical (unpaired) electrons. The van der Waals surface area contributed by atoms with E-state index < -0.39 is 5.97 Å². The summed E-state index contributed by atoms with van der Waals surface area (Å²) in [5.41, 5.74) is 0.356. The van der Waals surface area contributed by atoms with Crippen molar-refractivity contribution in [2.24, 2.45) is 0 Å². The van der Waals surface area contributed by atoms with Gasteiger partial charge in [0.2, 0.25) is 0 Å². The first-order valence-electron chi connectivity index (χ1n) is 5.19. The molecule has 1 aromatic rings. The minimum atomic E-state index is -0.405. The zero-order valence-electron chi connectivity index (χ0n) is 9.62. The molecule has 0 aliphatic heterocycles. The topological polar surface area (TPSA) is 59.3 Å². The third-order valence-corrected chi connectivity index (χ3v) is 2.22. The molecular weight excluding hydrogens is 242 g/mol. The first kappa shape index (κ1) is 13.3. The molecule has 0 heterocycles. The van der Waals surface area contributed by atoms with Crippen LogP contribution in [0.15, 0.2) is 12.1 Å². The second-order valence-corrected chi connectivity index (χ2v) is 3.56. The standard InChI is InChI=1S/C12H12ClNO3/c1-3-11(15)17-12-9(13)5-8(7-14)6-10(12)16-4-2/h5-6H,3-4H2,1-2H3. The maximum absolute atomic E-state index is 11.2. The average molecular weight is 254 g/mol. The van der Waals surface area contributed by atoms with Gasteiger partial charge in [-0.2, -0.15) is 5.26 Å². The zero-order valence-corrected chi connectivity index (χ0v) is 10.4. The summed E-state index contributed by atoms with van der Waals surface area (Å²) >= 11 is 5.94. The van der Waals surface area contributed by atoms with E-state index in [2.05, 4.69) is 0 Å². The highest BCUT2D eigenvalue weighted by atomic mass is 35.5. The number of nitriles is 1. The highest BCUT2D eigenvalue weighted by molar-refractivity contribution is 6.32. The van der Waals surface area contributed by atoms with Crippen molar-refractivity contribution >= 4 is 17.6 Å². The lowest BCUT2D eigenvalue weighted by molar-refractivity contribution is -0.134. The average Bonchev–Trinajstić information content (AvgIpc) is 2.33. The largest absolute Gasteiger partial charge is 0.490 e. The van der Waals surface area contributed by atoms with E-state index in [1.807, 2.05) is 6.07 Å². The van der Waals surface area contributed by atoms with Gasteiger partial charge >= 0.3 is 5.97 Å². The number of carbonyl (C=O) groups is 1. The summed E-state index contributed by atoms with van der Waals surface area (Å²) < 4.78 is 10.4. The number of esters is 1. The molecule has 90 valence electrons. The monoisotopic (exact) mass is 253 g/mol. The summed E-state index contributed by atoms with van der Waals surface area (Å²) in [6.45, 7) is 3.86. The van der Waals surface area contributed by atoms with Gasteiger partial charge in [-0.1, -0.05) is 18.5 Å². The maximum atomic E-state index is 11.2. The normalized spacial score (nSPS) is 9.53. The molecule has 0 N–H and O–H groups in total. The van der Waals surface area contributed by atoms with E-state index >= 15 is 0 Å². The predicted octanol–water partition coefficient (Wildman–Crippen LogP) is 2.93. The molecule has 0 spiro atoms. The Labute approximate surface area is 105 Å². The number of nitrogens with zero attached hydrogens (tertiary/aromatic N) is 1. The van der Waals surface area contributed by atoms with Crippen molar-refractivity contribution in [3.8, 4) is 17.6 Å². The van der Waals surface area contributed by atoms with Crippen LogP contribution in [0.2, 0.25) is 5.02 Å². The fourth-order valence-corrected chi connectivity index (χ4v) is 1.43. The van der Waals surface area contributed by atoms with Crippen LogP contribution in [0.1, 0.15) is 25.8 Å². The molecule has 0 unspecified atom stereocenters. The van der Waals surface area contributed by atoms with Crippen molar-refractivity contribution < 1.29 is 14.3 Å².